The summed E-state index contributed by atoms with van der Waals surface area (Å²) in [4.78, 5) is 11.9. The highest BCUT2D eigenvalue weighted by Gasteiger charge is 2.03. The Morgan fingerprint density at radius 3 is 2.60 bits per heavy atom. The minimum atomic E-state index is -0.168. The second-order valence-electron chi connectivity index (χ2n) is 4.59. The molecule has 0 radical (unpaired) electrons. The number of anilines is 1. The van der Waals surface area contributed by atoms with Crippen LogP contribution in [0.25, 0.3) is 6.08 Å². The van der Waals surface area contributed by atoms with E-state index in [2.05, 4.69) is 5.32 Å². The molecule has 0 fully saturated rings. The lowest BCUT2D eigenvalue weighted by Crippen LogP contribution is -2.09. The van der Waals surface area contributed by atoms with Gasteiger partial charge in [0.2, 0.25) is 5.91 Å². The van der Waals surface area contributed by atoms with Gasteiger partial charge in [-0.1, -0.05) is 41.9 Å². The first-order valence-electron chi connectivity index (χ1n) is 6.38. The van der Waals surface area contributed by atoms with Gasteiger partial charge in [-0.15, -0.1) is 0 Å². The number of carbonyl (C=O) groups is 1. The zero-order valence-electron chi connectivity index (χ0n) is 11.5. The maximum atomic E-state index is 11.9. The highest BCUT2D eigenvalue weighted by atomic mass is 35.5. The molecule has 2 aromatic carbocycles. The van der Waals surface area contributed by atoms with E-state index in [4.69, 9.17) is 11.6 Å². The van der Waals surface area contributed by atoms with Crippen molar-refractivity contribution in [2.45, 2.75) is 13.8 Å². The summed E-state index contributed by atoms with van der Waals surface area (Å²) in [5.74, 6) is -0.168. The van der Waals surface area contributed by atoms with E-state index in [1.54, 1.807) is 12.1 Å². The fourth-order valence-corrected chi connectivity index (χ4v) is 2.04. The Balaban J connectivity index is 2.10. The Morgan fingerprint density at radius 2 is 1.85 bits per heavy atom. The lowest BCUT2D eigenvalue weighted by molar-refractivity contribution is -0.111. The molecule has 102 valence electrons. The average Bonchev–Trinajstić information content (AvgIpc) is 2.43. The molecule has 3 heteroatoms. The Morgan fingerprint density at radius 1 is 1.10 bits per heavy atom. The molecule has 1 amide bonds. The Hall–Kier alpha value is -2.06. The lowest BCUT2D eigenvalue weighted by Gasteiger charge is -2.08. The molecule has 0 unspecified atom stereocenters. The van der Waals surface area contributed by atoms with Crippen LogP contribution in [-0.4, -0.2) is 5.91 Å². The van der Waals surface area contributed by atoms with E-state index < -0.39 is 0 Å². The van der Waals surface area contributed by atoms with Crippen LogP contribution in [0, 0.1) is 13.8 Å². The van der Waals surface area contributed by atoms with Crippen LogP contribution in [0.15, 0.2) is 48.5 Å². The van der Waals surface area contributed by atoms with Crippen LogP contribution in [-0.2, 0) is 4.79 Å². The van der Waals surface area contributed by atoms with Crippen LogP contribution in [0.4, 0.5) is 5.69 Å². The highest BCUT2D eigenvalue weighted by Crippen LogP contribution is 2.19. The molecule has 2 rings (SSSR count). The highest BCUT2D eigenvalue weighted by molar-refractivity contribution is 6.32. The van der Waals surface area contributed by atoms with Crippen molar-refractivity contribution in [1.29, 1.82) is 0 Å². The van der Waals surface area contributed by atoms with Crippen molar-refractivity contribution < 1.29 is 4.79 Å². The number of hydrogen-bond acceptors (Lipinski definition) is 1. The number of benzene rings is 2. The molecule has 0 aliphatic carbocycles. The predicted molar refractivity (Wildman–Crippen MR) is 85.0 cm³/mol. The Kier molecular flexibility index (Phi) is 4.59. The molecular formula is C17H16ClNO. The second kappa shape index (κ2) is 6.40. The Bertz CT molecular complexity index is 662. The first-order chi connectivity index (χ1) is 9.58. The van der Waals surface area contributed by atoms with Crippen molar-refractivity contribution in [2.75, 3.05) is 5.32 Å². The zero-order chi connectivity index (χ0) is 14.5. The largest absolute Gasteiger partial charge is 0.322 e. The summed E-state index contributed by atoms with van der Waals surface area (Å²) < 4.78 is 0. The molecule has 0 aliphatic rings. The topological polar surface area (TPSA) is 29.1 Å². The van der Waals surface area contributed by atoms with Crippen LogP contribution in [0.3, 0.4) is 0 Å². The molecular weight excluding hydrogens is 270 g/mol. The summed E-state index contributed by atoms with van der Waals surface area (Å²) >= 11 is 6.03. The molecule has 1 N–H and O–H groups in total. The maximum Gasteiger partial charge on any atom is 0.248 e. The number of aryl methyl sites for hydroxylation is 1. The first kappa shape index (κ1) is 14.4. The number of carbonyl (C=O) groups excluding carboxylic acids is 1. The minimum absolute atomic E-state index is 0.168. The quantitative estimate of drug-likeness (QED) is 0.820. The predicted octanol–water partition coefficient (Wildman–Crippen LogP) is 4.61. The SMILES string of the molecule is Cc1cccc(NC(=O)/C=C/c2ccccc2Cl)c1C. The third-order valence-electron chi connectivity index (χ3n) is 3.18. The smallest absolute Gasteiger partial charge is 0.248 e. The third kappa shape index (κ3) is 3.49. The molecule has 20 heavy (non-hydrogen) atoms. The minimum Gasteiger partial charge on any atom is -0.322 e. The van der Waals surface area contributed by atoms with Gasteiger partial charge in [-0.05, 0) is 48.7 Å². The molecule has 0 aliphatic heterocycles. The summed E-state index contributed by atoms with van der Waals surface area (Å²) in [5.41, 5.74) is 3.88. The fourth-order valence-electron chi connectivity index (χ4n) is 1.84. The van der Waals surface area contributed by atoms with E-state index >= 15 is 0 Å². The molecule has 0 atom stereocenters. The zero-order valence-corrected chi connectivity index (χ0v) is 12.2. The van der Waals surface area contributed by atoms with Crippen LogP contribution >= 0.6 is 11.6 Å². The van der Waals surface area contributed by atoms with Crippen molar-refractivity contribution in [1.82, 2.24) is 0 Å². The molecule has 0 bridgehead atoms. The fraction of sp³-hybridized carbons (Fsp3) is 0.118. The number of hydrogen-bond donors (Lipinski definition) is 1. The number of nitrogens with one attached hydrogen (secondary N) is 1. The molecule has 0 saturated carbocycles. The van der Waals surface area contributed by atoms with E-state index in [9.17, 15) is 4.79 Å². The van der Waals surface area contributed by atoms with E-state index in [-0.39, 0.29) is 5.91 Å². The lowest BCUT2D eigenvalue weighted by atomic mass is 10.1. The third-order valence-corrected chi connectivity index (χ3v) is 3.53. The summed E-state index contributed by atoms with van der Waals surface area (Å²) in [6.45, 7) is 4.01. The van der Waals surface area contributed by atoms with E-state index in [0.29, 0.717) is 5.02 Å². The number of rotatable bonds is 3. The van der Waals surface area contributed by atoms with Crippen LogP contribution in [0.2, 0.25) is 5.02 Å². The molecule has 2 aromatic rings. The summed E-state index contributed by atoms with van der Waals surface area (Å²) in [6, 6.07) is 13.2. The molecule has 0 aromatic heterocycles. The van der Waals surface area contributed by atoms with Crippen LogP contribution in [0.1, 0.15) is 16.7 Å². The van der Waals surface area contributed by atoms with Gasteiger partial charge >= 0.3 is 0 Å². The van der Waals surface area contributed by atoms with Crippen LogP contribution in [0.5, 0.6) is 0 Å². The van der Waals surface area contributed by atoms with Gasteiger partial charge in [-0.3, -0.25) is 4.79 Å². The average molecular weight is 286 g/mol. The van der Waals surface area contributed by atoms with E-state index in [1.807, 2.05) is 50.2 Å². The van der Waals surface area contributed by atoms with Gasteiger partial charge in [0.05, 0.1) is 0 Å². The van der Waals surface area contributed by atoms with Gasteiger partial charge in [0.15, 0.2) is 0 Å². The molecule has 0 spiro atoms. The van der Waals surface area contributed by atoms with Crippen LogP contribution < -0.4 is 5.32 Å². The van der Waals surface area contributed by atoms with Crippen molar-refractivity contribution >= 4 is 29.3 Å². The summed E-state index contributed by atoms with van der Waals surface area (Å²) in [7, 11) is 0. The van der Waals surface area contributed by atoms with Gasteiger partial charge in [-0.25, -0.2) is 0 Å². The van der Waals surface area contributed by atoms with Gasteiger partial charge in [-0.2, -0.15) is 0 Å². The normalized spacial score (nSPS) is 10.8. The monoisotopic (exact) mass is 285 g/mol. The second-order valence-corrected chi connectivity index (χ2v) is 5.00. The van der Waals surface area contributed by atoms with Crippen molar-refractivity contribution in [3.05, 3.63) is 70.3 Å². The van der Waals surface area contributed by atoms with Crippen molar-refractivity contribution in [2.24, 2.45) is 0 Å². The summed E-state index contributed by atoms with van der Waals surface area (Å²) in [5, 5.41) is 3.50. The molecule has 0 saturated heterocycles. The van der Waals surface area contributed by atoms with Gasteiger partial charge in [0.25, 0.3) is 0 Å². The first-order valence-corrected chi connectivity index (χ1v) is 6.75. The Labute approximate surface area is 124 Å². The van der Waals surface area contributed by atoms with Gasteiger partial charge in [0, 0.05) is 16.8 Å². The van der Waals surface area contributed by atoms with E-state index in [1.165, 1.54) is 6.08 Å². The van der Waals surface area contributed by atoms with Gasteiger partial charge < -0.3 is 5.32 Å². The van der Waals surface area contributed by atoms with Crippen molar-refractivity contribution in [3.8, 4) is 0 Å². The number of halogens is 1. The summed E-state index contributed by atoms with van der Waals surface area (Å²) in [6.07, 6.45) is 3.20. The standard InChI is InChI=1S/C17H16ClNO/c1-12-6-5-9-16(13(12)2)19-17(20)11-10-14-7-3-4-8-15(14)18/h3-11H,1-2H3,(H,19,20)/b11-10+. The maximum absolute atomic E-state index is 11.9. The number of amides is 1. The van der Waals surface area contributed by atoms with E-state index in [0.717, 1.165) is 22.4 Å². The van der Waals surface area contributed by atoms with Gasteiger partial charge in [0.1, 0.15) is 0 Å². The molecule has 0 heterocycles. The van der Waals surface area contributed by atoms with Crippen molar-refractivity contribution in [3.63, 3.8) is 0 Å². The molecule has 2 nitrogen and oxygen atoms in total.